The number of nitrogens with one attached hydrogen (secondary N) is 2. The van der Waals surface area contributed by atoms with Crippen molar-refractivity contribution in [2.75, 3.05) is 32.1 Å². The number of sulfonamides is 1. The number of hydrogen-bond acceptors (Lipinski definition) is 7. The lowest BCUT2D eigenvalue weighted by molar-refractivity contribution is -0.134. The van der Waals surface area contributed by atoms with E-state index in [2.05, 4.69) is 15.6 Å². The van der Waals surface area contributed by atoms with Crippen molar-refractivity contribution in [3.8, 4) is 5.75 Å². The topological polar surface area (TPSA) is 146 Å². The van der Waals surface area contributed by atoms with Crippen LogP contribution in [0.5, 0.6) is 5.75 Å². The number of aliphatic hydroxyl groups excluding tert-OH is 1. The number of carbonyl (C=O) groups is 2. The summed E-state index contributed by atoms with van der Waals surface area (Å²) in [5, 5.41) is 15.7. The van der Waals surface area contributed by atoms with Gasteiger partial charge < -0.3 is 29.9 Å². The van der Waals surface area contributed by atoms with E-state index in [9.17, 15) is 23.1 Å². The van der Waals surface area contributed by atoms with Crippen LogP contribution in [0.25, 0.3) is 0 Å². The van der Waals surface area contributed by atoms with Crippen LogP contribution in [0.4, 0.5) is 10.5 Å². The predicted molar refractivity (Wildman–Crippen MR) is 154 cm³/mol. The molecule has 2 aliphatic rings. The highest BCUT2D eigenvalue weighted by Gasteiger charge is 2.34. The molecule has 13 heteroatoms. The van der Waals surface area contributed by atoms with Crippen LogP contribution in [-0.4, -0.2) is 89.2 Å². The zero-order chi connectivity index (χ0) is 29.7. The van der Waals surface area contributed by atoms with Gasteiger partial charge >= 0.3 is 6.03 Å². The number of aliphatic hydroxyl groups is 1. The molecule has 0 bridgehead atoms. The number of nitrogens with zero attached hydrogens (tertiary/aromatic N) is 4. The number of aromatic nitrogens is 2. The highest BCUT2D eigenvalue weighted by atomic mass is 32.2. The van der Waals surface area contributed by atoms with Crippen molar-refractivity contribution in [2.45, 2.75) is 75.6 Å². The summed E-state index contributed by atoms with van der Waals surface area (Å²) < 4.78 is 35.6. The van der Waals surface area contributed by atoms with Crippen molar-refractivity contribution >= 4 is 27.6 Å². The van der Waals surface area contributed by atoms with Gasteiger partial charge in [-0.05, 0) is 38.0 Å². The van der Waals surface area contributed by atoms with Gasteiger partial charge in [-0.1, -0.05) is 26.2 Å². The number of ether oxygens (including phenoxy) is 1. The molecular formula is C28H42N6O6S. The lowest BCUT2D eigenvalue weighted by Gasteiger charge is -2.33. The average Bonchev–Trinajstić information content (AvgIpc) is 3.40. The molecule has 2 heterocycles. The molecule has 0 unspecified atom stereocenters. The molecule has 1 aliphatic heterocycles. The number of rotatable bonds is 8. The third kappa shape index (κ3) is 7.57. The second kappa shape index (κ2) is 13.2. The van der Waals surface area contributed by atoms with Crippen LogP contribution >= 0.6 is 0 Å². The number of carbonyl (C=O) groups excluding carboxylic acids is 2. The van der Waals surface area contributed by atoms with E-state index in [0.717, 1.165) is 25.7 Å². The highest BCUT2D eigenvalue weighted by Crippen LogP contribution is 2.30. The van der Waals surface area contributed by atoms with Gasteiger partial charge in [0, 0.05) is 50.0 Å². The maximum Gasteiger partial charge on any atom is 0.319 e. The van der Waals surface area contributed by atoms with E-state index in [4.69, 9.17) is 4.74 Å². The van der Waals surface area contributed by atoms with E-state index in [0.29, 0.717) is 17.0 Å². The van der Waals surface area contributed by atoms with E-state index in [-0.39, 0.29) is 55.0 Å². The first kappa shape index (κ1) is 30.8. The van der Waals surface area contributed by atoms with Crippen molar-refractivity contribution in [1.29, 1.82) is 0 Å². The number of aryl methyl sites for hydroxylation is 1. The van der Waals surface area contributed by atoms with Crippen LogP contribution in [0.3, 0.4) is 0 Å². The van der Waals surface area contributed by atoms with Gasteiger partial charge in [0.2, 0.25) is 5.91 Å². The summed E-state index contributed by atoms with van der Waals surface area (Å²) in [6, 6.07) is 4.55. The molecule has 0 spiro atoms. The molecule has 0 radical (unpaired) electrons. The Morgan fingerprint density at radius 1 is 1.27 bits per heavy atom. The molecule has 2 aromatic rings. The monoisotopic (exact) mass is 590 g/mol. The highest BCUT2D eigenvalue weighted by molar-refractivity contribution is 7.89. The minimum atomic E-state index is -3.88. The van der Waals surface area contributed by atoms with E-state index >= 15 is 0 Å². The SMILES string of the molecule is C[C@@H]1CN([C@@H](C)CO)C(=O)Cc2cc(NC(=O)NC3CCCCC3)ccc2O[C@H]1CN(C)S(=O)(=O)c1cn(C)cn1. The van der Waals surface area contributed by atoms with Crippen molar-refractivity contribution in [3.05, 3.63) is 36.3 Å². The van der Waals surface area contributed by atoms with Crippen LogP contribution in [0.15, 0.2) is 35.7 Å². The van der Waals surface area contributed by atoms with Gasteiger partial charge in [0.1, 0.15) is 11.9 Å². The fourth-order valence-corrected chi connectivity index (χ4v) is 6.50. The summed E-state index contributed by atoms with van der Waals surface area (Å²) in [5.74, 6) is -0.0305. The number of likely N-dealkylation sites (N-methyl/N-ethyl adjacent to an activating group) is 1. The van der Waals surface area contributed by atoms with Gasteiger partial charge in [-0.2, -0.15) is 4.31 Å². The molecule has 3 N–H and O–H groups in total. The number of urea groups is 1. The molecule has 1 aliphatic carbocycles. The minimum absolute atomic E-state index is 0.000943. The van der Waals surface area contributed by atoms with Crippen LogP contribution < -0.4 is 15.4 Å². The largest absolute Gasteiger partial charge is 0.488 e. The Bertz CT molecular complexity index is 1330. The van der Waals surface area contributed by atoms with E-state index in [1.54, 1.807) is 41.6 Å². The number of hydrogen-bond donors (Lipinski definition) is 3. The normalized spacial score (nSPS) is 21.3. The van der Waals surface area contributed by atoms with Crippen molar-refractivity contribution < 1.29 is 27.9 Å². The average molecular weight is 591 g/mol. The van der Waals surface area contributed by atoms with Crippen molar-refractivity contribution in [1.82, 2.24) is 24.1 Å². The van der Waals surface area contributed by atoms with Gasteiger partial charge in [-0.15, -0.1) is 0 Å². The second-order valence-corrected chi connectivity index (χ2v) is 13.3. The van der Waals surface area contributed by atoms with Crippen molar-refractivity contribution in [2.24, 2.45) is 13.0 Å². The van der Waals surface area contributed by atoms with E-state index in [1.165, 1.54) is 30.3 Å². The van der Waals surface area contributed by atoms with Crippen LogP contribution in [-0.2, 0) is 28.3 Å². The van der Waals surface area contributed by atoms with E-state index < -0.39 is 22.2 Å². The number of imidazole rings is 1. The molecule has 12 nitrogen and oxygen atoms in total. The Morgan fingerprint density at radius 2 is 2.00 bits per heavy atom. The predicted octanol–water partition coefficient (Wildman–Crippen LogP) is 2.34. The molecule has 0 saturated heterocycles. The fraction of sp³-hybridized carbons (Fsp3) is 0.607. The summed E-state index contributed by atoms with van der Waals surface area (Å²) in [4.78, 5) is 31.7. The third-order valence-corrected chi connectivity index (χ3v) is 9.62. The maximum atomic E-state index is 13.4. The first-order valence-corrected chi connectivity index (χ1v) is 15.6. The molecule has 1 aromatic carbocycles. The second-order valence-electron chi connectivity index (χ2n) is 11.3. The molecule has 1 saturated carbocycles. The van der Waals surface area contributed by atoms with Crippen LogP contribution in [0.2, 0.25) is 0 Å². The van der Waals surface area contributed by atoms with Crippen molar-refractivity contribution in [3.63, 3.8) is 0 Å². The molecule has 226 valence electrons. The van der Waals surface area contributed by atoms with Gasteiger partial charge in [0.15, 0.2) is 5.03 Å². The third-order valence-electron chi connectivity index (χ3n) is 7.91. The Labute approximate surface area is 242 Å². The number of benzene rings is 1. The molecule has 41 heavy (non-hydrogen) atoms. The quantitative estimate of drug-likeness (QED) is 0.428. The van der Waals surface area contributed by atoms with Crippen LogP contribution in [0, 0.1) is 5.92 Å². The number of amides is 3. The first-order valence-electron chi connectivity index (χ1n) is 14.2. The lowest BCUT2D eigenvalue weighted by Crippen LogP contribution is -2.48. The molecule has 1 fully saturated rings. The standard InChI is InChI=1S/C28H42N6O6S/c1-19-14-34(20(2)17-35)27(36)13-21-12-23(31-28(37)30-22-8-6-5-7-9-22)10-11-24(21)40-25(19)15-33(4)41(38,39)26-16-32(3)18-29-26/h10-12,16,18-20,22,25,35H,5-9,13-15,17H2,1-4H3,(H2,30,31,37)/t19-,20+,25+/m1/s1. The Hall–Kier alpha value is -3.16. The lowest BCUT2D eigenvalue weighted by atomic mass is 9.96. The van der Waals surface area contributed by atoms with E-state index in [1.807, 2.05) is 6.92 Å². The summed E-state index contributed by atoms with van der Waals surface area (Å²) in [5.41, 5.74) is 1.09. The Kier molecular flexibility index (Phi) is 9.92. The molecule has 1 aromatic heterocycles. The summed E-state index contributed by atoms with van der Waals surface area (Å²) >= 11 is 0. The number of anilines is 1. The molecular weight excluding hydrogens is 548 g/mol. The number of fused-ring (bicyclic) bond motifs is 1. The zero-order valence-corrected chi connectivity index (χ0v) is 25.1. The molecule has 3 atom stereocenters. The molecule has 3 amide bonds. The van der Waals surface area contributed by atoms with Gasteiger partial charge in [-0.3, -0.25) is 4.79 Å². The summed E-state index contributed by atoms with van der Waals surface area (Å²) in [6.45, 7) is 3.73. The Balaban J connectivity index is 1.59. The summed E-state index contributed by atoms with van der Waals surface area (Å²) in [6.07, 6.45) is 7.56. The van der Waals surface area contributed by atoms with Gasteiger partial charge in [-0.25, -0.2) is 18.2 Å². The minimum Gasteiger partial charge on any atom is -0.488 e. The summed E-state index contributed by atoms with van der Waals surface area (Å²) in [7, 11) is -0.705. The zero-order valence-electron chi connectivity index (χ0n) is 24.2. The Morgan fingerprint density at radius 3 is 2.66 bits per heavy atom. The van der Waals surface area contributed by atoms with Crippen LogP contribution in [0.1, 0.15) is 51.5 Å². The molecule has 4 rings (SSSR count). The van der Waals surface area contributed by atoms with Gasteiger partial charge in [0.05, 0.1) is 31.9 Å². The smallest absolute Gasteiger partial charge is 0.319 e. The fourth-order valence-electron chi connectivity index (χ4n) is 5.36. The van der Waals surface area contributed by atoms with Gasteiger partial charge in [0.25, 0.3) is 10.0 Å². The maximum absolute atomic E-state index is 13.4. The first-order chi connectivity index (χ1) is 19.5.